The molecule has 1 unspecified atom stereocenters. The first-order valence-electron chi connectivity index (χ1n) is 5.86. The number of hydrogen-bond donors (Lipinski definition) is 1. The lowest BCUT2D eigenvalue weighted by Crippen LogP contribution is -2.40. The second-order valence-corrected chi connectivity index (χ2v) is 4.71. The standard InChI is InChI=1S/C14H23NO/c1-6-15-13(14(3,4)16-5)12-9-7-8-11(2)10-12/h7-10,13,15H,6H2,1-5H3. The van der Waals surface area contributed by atoms with Crippen molar-refractivity contribution in [2.75, 3.05) is 13.7 Å². The fraction of sp³-hybridized carbons (Fsp3) is 0.571. The summed E-state index contributed by atoms with van der Waals surface area (Å²) in [6.07, 6.45) is 0. The van der Waals surface area contributed by atoms with Crippen LogP contribution < -0.4 is 5.32 Å². The molecular formula is C14H23NO. The van der Waals surface area contributed by atoms with E-state index in [-0.39, 0.29) is 11.6 Å². The minimum absolute atomic E-state index is 0.205. The SMILES string of the molecule is CCNC(c1cccc(C)c1)C(C)(C)OC. The third-order valence-corrected chi connectivity index (χ3v) is 3.01. The lowest BCUT2D eigenvalue weighted by molar-refractivity contribution is -0.0107. The van der Waals surface area contributed by atoms with Crippen LogP contribution in [0.1, 0.15) is 37.9 Å². The average Bonchev–Trinajstić information content (AvgIpc) is 2.25. The lowest BCUT2D eigenvalue weighted by atomic mass is 9.91. The Bertz CT molecular complexity index is 333. The molecule has 0 aliphatic carbocycles. The first-order valence-corrected chi connectivity index (χ1v) is 5.86. The number of likely N-dealkylation sites (N-methyl/N-ethyl adjacent to an activating group) is 1. The van der Waals surface area contributed by atoms with Gasteiger partial charge < -0.3 is 10.1 Å². The molecule has 90 valence electrons. The van der Waals surface area contributed by atoms with E-state index in [1.807, 2.05) is 0 Å². The van der Waals surface area contributed by atoms with E-state index in [1.165, 1.54) is 11.1 Å². The highest BCUT2D eigenvalue weighted by atomic mass is 16.5. The number of nitrogens with one attached hydrogen (secondary N) is 1. The van der Waals surface area contributed by atoms with E-state index < -0.39 is 0 Å². The Balaban J connectivity index is 3.02. The first-order chi connectivity index (χ1) is 7.51. The van der Waals surface area contributed by atoms with Crippen LogP contribution in [-0.2, 0) is 4.74 Å². The van der Waals surface area contributed by atoms with Gasteiger partial charge in [0.05, 0.1) is 11.6 Å². The molecule has 0 bridgehead atoms. The van der Waals surface area contributed by atoms with Crippen LogP contribution in [0.25, 0.3) is 0 Å². The summed E-state index contributed by atoms with van der Waals surface area (Å²) in [6.45, 7) is 9.40. The monoisotopic (exact) mass is 221 g/mol. The minimum Gasteiger partial charge on any atom is -0.377 e. The van der Waals surface area contributed by atoms with Crippen molar-refractivity contribution in [1.82, 2.24) is 5.32 Å². The van der Waals surface area contributed by atoms with Crippen LogP contribution in [0.4, 0.5) is 0 Å². The summed E-state index contributed by atoms with van der Waals surface area (Å²) in [7, 11) is 1.76. The fourth-order valence-corrected chi connectivity index (χ4v) is 1.94. The molecular weight excluding hydrogens is 198 g/mol. The summed E-state index contributed by atoms with van der Waals surface area (Å²) in [4.78, 5) is 0. The van der Waals surface area contributed by atoms with Crippen molar-refractivity contribution in [1.29, 1.82) is 0 Å². The van der Waals surface area contributed by atoms with Crippen molar-refractivity contribution in [3.05, 3.63) is 35.4 Å². The topological polar surface area (TPSA) is 21.3 Å². The Morgan fingerprint density at radius 2 is 2.06 bits per heavy atom. The molecule has 1 aromatic carbocycles. The Morgan fingerprint density at radius 3 is 2.56 bits per heavy atom. The van der Waals surface area contributed by atoms with Crippen molar-refractivity contribution in [3.8, 4) is 0 Å². The quantitative estimate of drug-likeness (QED) is 0.825. The van der Waals surface area contributed by atoms with Crippen LogP contribution >= 0.6 is 0 Å². The van der Waals surface area contributed by atoms with Crippen molar-refractivity contribution in [3.63, 3.8) is 0 Å². The highest BCUT2D eigenvalue weighted by Crippen LogP contribution is 2.28. The molecule has 1 aromatic rings. The Hall–Kier alpha value is -0.860. The first kappa shape index (κ1) is 13.2. The van der Waals surface area contributed by atoms with Crippen molar-refractivity contribution >= 4 is 0 Å². The van der Waals surface area contributed by atoms with Crippen LogP contribution in [0.15, 0.2) is 24.3 Å². The lowest BCUT2D eigenvalue weighted by Gasteiger charge is -2.34. The minimum atomic E-state index is -0.205. The maximum Gasteiger partial charge on any atom is 0.0816 e. The normalized spacial score (nSPS) is 13.8. The molecule has 0 aromatic heterocycles. The second kappa shape index (κ2) is 5.46. The number of rotatable bonds is 5. The van der Waals surface area contributed by atoms with E-state index in [1.54, 1.807) is 7.11 Å². The van der Waals surface area contributed by atoms with E-state index in [4.69, 9.17) is 4.74 Å². The molecule has 0 amide bonds. The van der Waals surface area contributed by atoms with E-state index >= 15 is 0 Å². The number of aryl methyl sites for hydroxylation is 1. The zero-order chi connectivity index (χ0) is 12.2. The van der Waals surface area contributed by atoms with E-state index in [0.29, 0.717) is 0 Å². The van der Waals surface area contributed by atoms with Gasteiger partial charge in [-0.2, -0.15) is 0 Å². The van der Waals surface area contributed by atoms with Gasteiger partial charge in [-0.3, -0.25) is 0 Å². The fourth-order valence-electron chi connectivity index (χ4n) is 1.94. The summed E-state index contributed by atoms with van der Waals surface area (Å²) in [5, 5.41) is 3.49. The van der Waals surface area contributed by atoms with Crippen molar-refractivity contribution < 1.29 is 4.74 Å². The van der Waals surface area contributed by atoms with E-state index in [0.717, 1.165) is 6.54 Å². The molecule has 0 aliphatic heterocycles. The molecule has 2 nitrogen and oxygen atoms in total. The number of methoxy groups -OCH3 is 1. The van der Waals surface area contributed by atoms with Crippen LogP contribution in [0, 0.1) is 6.92 Å². The van der Waals surface area contributed by atoms with Gasteiger partial charge in [0.1, 0.15) is 0 Å². The summed E-state index contributed by atoms with van der Waals surface area (Å²) < 4.78 is 5.58. The summed E-state index contributed by atoms with van der Waals surface area (Å²) in [6, 6.07) is 8.81. The van der Waals surface area contributed by atoms with Crippen molar-refractivity contribution in [2.45, 2.75) is 39.3 Å². The predicted octanol–water partition coefficient (Wildman–Crippen LogP) is 3.07. The molecule has 0 heterocycles. The molecule has 0 saturated carbocycles. The second-order valence-electron chi connectivity index (χ2n) is 4.71. The molecule has 1 atom stereocenters. The predicted molar refractivity (Wildman–Crippen MR) is 68.7 cm³/mol. The third-order valence-electron chi connectivity index (χ3n) is 3.01. The van der Waals surface area contributed by atoms with E-state index in [9.17, 15) is 0 Å². The molecule has 0 radical (unpaired) electrons. The van der Waals surface area contributed by atoms with Crippen LogP contribution in [0.5, 0.6) is 0 Å². The zero-order valence-electron chi connectivity index (χ0n) is 11.0. The smallest absolute Gasteiger partial charge is 0.0816 e. The molecule has 1 N–H and O–H groups in total. The van der Waals surface area contributed by atoms with Gasteiger partial charge in [-0.15, -0.1) is 0 Å². The number of hydrogen-bond acceptors (Lipinski definition) is 2. The molecule has 16 heavy (non-hydrogen) atoms. The van der Waals surface area contributed by atoms with E-state index in [2.05, 4.69) is 57.3 Å². The van der Waals surface area contributed by atoms with Gasteiger partial charge in [-0.25, -0.2) is 0 Å². The Labute approximate surface area is 99.0 Å². The Morgan fingerprint density at radius 1 is 1.38 bits per heavy atom. The summed E-state index contributed by atoms with van der Waals surface area (Å²) >= 11 is 0. The molecule has 1 rings (SSSR count). The molecule has 0 saturated heterocycles. The summed E-state index contributed by atoms with van der Waals surface area (Å²) in [5.74, 6) is 0. The van der Waals surface area contributed by atoms with Gasteiger partial charge in [0, 0.05) is 7.11 Å². The number of benzene rings is 1. The van der Waals surface area contributed by atoms with Gasteiger partial charge in [0.25, 0.3) is 0 Å². The maximum atomic E-state index is 5.58. The van der Waals surface area contributed by atoms with Crippen molar-refractivity contribution in [2.24, 2.45) is 0 Å². The third kappa shape index (κ3) is 3.06. The van der Waals surface area contributed by atoms with Crippen LogP contribution in [-0.4, -0.2) is 19.3 Å². The summed E-state index contributed by atoms with van der Waals surface area (Å²) in [5.41, 5.74) is 2.37. The highest BCUT2D eigenvalue weighted by Gasteiger charge is 2.29. The molecule has 0 fully saturated rings. The van der Waals surface area contributed by atoms with Crippen LogP contribution in [0.2, 0.25) is 0 Å². The highest BCUT2D eigenvalue weighted by molar-refractivity contribution is 5.27. The maximum absolute atomic E-state index is 5.58. The Kier molecular flexibility index (Phi) is 4.51. The molecule has 0 aliphatic rings. The molecule has 2 heteroatoms. The largest absolute Gasteiger partial charge is 0.377 e. The van der Waals surface area contributed by atoms with Gasteiger partial charge >= 0.3 is 0 Å². The van der Waals surface area contributed by atoms with Gasteiger partial charge in [-0.1, -0.05) is 36.8 Å². The average molecular weight is 221 g/mol. The van der Waals surface area contributed by atoms with Crippen LogP contribution in [0.3, 0.4) is 0 Å². The number of ether oxygens (including phenoxy) is 1. The molecule has 0 spiro atoms. The van der Waals surface area contributed by atoms with Gasteiger partial charge in [0.2, 0.25) is 0 Å². The zero-order valence-corrected chi connectivity index (χ0v) is 11.0. The van der Waals surface area contributed by atoms with Gasteiger partial charge in [0.15, 0.2) is 0 Å². The van der Waals surface area contributed by atoms with Gasteiger partial charge in [-0.05, 0) is 32.9 Å².